The van der Waals surface area contributed by atoms with Crippen molar-refractivity contribution >= 4 is 11.6 Å². The molecule has 1 aromatic carbocycles. The molecule has 6 heteroatoms. The summed E-state index contributed by atoms with van der Waals surface area (Å²) in [6.45, 7) is 2.91. The molecular formula is C18H24ClN3O2. The monoisotopic (exact) mass is 349 g/mol. The third kappa shape index (κ3) is 10.2. The van der Waals surface area contributed by atoms with Crippen molar-refractivity contribution in [2.45, 2.75) is 38.3 Å². The third-order valence-electron chi connectivity index (χ3n) is 3.45. The molecule has 130 valence electrons. The number of ether oxygens (including phenoxy) is 2. The Labute approximate surface area is 149 Å². The largest absolute Gasteiger partial charge is 0.380 e. The number of hydrogen-bond acceptors (Lipinski definition) is 5. The van der Waals surface area contributed by atoms with Crippen LogP contribution in [0.25, 0.3) is 0 Å². The first-order chi connectivity index (χ1) is 11.8. The van der Waals surface area contributed by atoms with E-state index >= 15 is 0 Å². The highest BCUT2D eigenvalue weighted by atomic mass is 35.5. The van der Waals surface area contributed by atoms with Crippen LogP contribution in [0.2, 0.25) is 5.02 Å². The third-order valence-corrected chi connectivity index (χ3v) is 3.70. The SMILES string of the molecule is N#CCCOCCC(CCOCCC#N)NCc1ccc(Cl)cc1. The van der Waals surface area contributed by atoms with E-state index < -0.39 is 0 Å². The summed E-state index contributed by atoms with van der Waals surface area (Å²) in [4.78, 5) is 0. The minimum atomic E-state index is 0.254. The smallest absolute Gasteiger partial charge is 0.0645 e. The normalized spacial score (nSPS) is 10.5. The Balaban J connectivity index is 2.33. The minimum Gasteiger partial charge on any atom is -0.380 e. The van der Waals surface area contributed by atoms with Gasteiger partial charge in [-0.2, -0.15) is 10.5 Å². The molecule has 0 heterocycles. The van der Waals surface area contributed by atoms with Crippen molar-refractivity contribution in [1.82, 2.24) is 5.32 Å². The lowest BCUT2D eigenvalue weighted by Gasteiger charge is -2.19. The van der Waals surface area contributed by atoms with Gasteiger partial charge in [-0.3, -0.25) is 0 Å². The van der Waals surface area contributed by atoms with E-state index in [1.54, 1.807) is 0 Å². The van der Waals surface area contributed by atoms with Crippen molar-refractivity contribution in [3.05, 3.63) is 34.9 Å². The van der Waals surface area contributed by atoms with E-state index in [0.29, 0.717) is 39.3 Å². The molecule has 0 saturated carbocycles. The Bertz CT molecular complexity index is 499. The van der Waals surface area contributed by atoms with Crippen molar-refractivity contribution in [2.75, 3.05) is 26.4 Å². The van der Waals surface area contributed by atoms with Crippen molar-refractivity contribution in [2.24, 2.45) is 0 Å². The van der Waals surface area contributed by atoms with Crippen molar-refractivity contribution in [3.63, 3.8) is 0 Å². The van der Waals surface area contributed by atoms with Gasteiger partial charge in [0.05, 0.1) is 38.2 Å². The van der Waals surface area contributed by atoms with E-state index in [9.17, 15) is 0 Å². The lowest BCUT2D eigenvalue weighted by molar-refractivity contribution is 0.107. The number of nitriles is 2. The zero-order valence-corrected chi connectivity index (χ0v) is 14.6. The summed E-state index contributed by atoms with van der Waals surface area (Å²) >= 11 is 5.90. The molecule has 5 nitrogen and oxygen atoms in total. The van der Waals surface area contributed by atoms with Gasteiger partial charge in [-0.05, 0) is 30.5 Å². The van der Waals surface area contributed by atoms with Gasteiger partial charge in [0.15, 0.2) is 0 Å². The number of halogens is 1. The molecule has 0 radical (unpaired) electrons. The number of rotatable bonds is 13. The molecule has 0 atom stereocenters. The molecule has 24 heavy (non-hydrogen) atoms. The van der Waals surface area contributed by atoms with Gasteiger partial charge in [0.2, 0.25) is 0 Å². The molecule has 0 spiro atoms. The maximum Gasteiger partial charge on any atom is 0.0645 e. The Kier molecular flexibility index (Phi) is 11.7. The van der Waals surface area contributed by atoms with E-state index in [1.807, 2.05) is 24.3 Å². The molecule has 0 aromatic heterocycles. The highest BCUT2D eigenvalue weighted by molar-refractivity contribution is 6.30. The molecule has 0 saturated heterocycles. The number of hydrogen-bond donors (Lipinski definition) is 1. The average molecular weight is 350 g/mol. The molecule has 0 aliphatic rings. The van der Waals surface area contributed by atoms with E-state index in [2.05, 4.69) is 17.5 Å². The fourth-order valence-corrected chi connectivity index (χ4v) is 2.23. The molecule has 1 rings (SSSR count). The average Bonchev–Trinajstić information content (AvgIpc) is 2.60. The summed E-state index contributed by atoms with van der Waals surface area (Å²) in [7, 11) is 0. The van der Waals surface area contributed by atoms with E-state index in [-0.39, 0.29) is 6.04 Å². The Hall–Kier alpha value is -1.63. The quantitative estimate of drug-likeness (QED) is 0.552. The van der Waals surface area contributed by atoms with Gasteiger partial charge in [0.25, 0.3) is 0 Å². The molecule has 0 aliphatic carbocycles. The van der Waals surface area contributed by atoms with Crippen LogP contribution in [0, 0.1) is 22.7 Å². The maximum absolute atomic E-state index is 8.50. The fraction of sp³-hybridized carbons (Fsp3) is 0.556. The molecule has 1 N–H and O–H groups in total. The summed E-state index contributed by atoms with van der Waals surface area (Å²) in [6, 6.07) is 12.1. The first-order valence-electron chi connectivity index (χ1n) is 8.13. The predicted molar refractivity (Wildman–Crippen MR) is 93.4 cm³/mol. The standard InChI is InChI=1S/C18H24ClN3O2/c19-17-5-3-16(4-6-17)15-22-18(7-13-23-11-1-9-20)8-14-24-12-2-10-21/h3-6,18,22H,1-2,7-8,11-15H2. The lowest BCUT2D eigenvalue weighted by atomic mass is 10.1. The molecule has 0 amide bonds. The second kappa shape index (κ2) is 13.8. The van der Waals surface area contributed by atoms with Crippen LogP contribution >= 0.6 is 11.6 Å². The van der Waals surface area contributed by atoms with E-state index in [0.717, 1.165) is 24.4 Å². The number of benzene rings is 1. The van der Waals surface area contributed by atoms with Gasteiger partial charge in [-0.25, -0.2) is 0 Å². The highest BCUT2D eigenvalue weighted by Gasteiger charge is 2.09. The molecule has 0 bridgehead atoms. The van der Waals surface area contributed by atoms with Crippen molar-refractivity contribution in [3.8, 4) is 12.1 Å². The lowest BCUT2D eigenvalue weighted by Crippen LogP contribution is -2.31. The second-order valence-electron chi connectivity index (χ2n) is 5.32. The summed E-state index contributed by atoms with van der Waals surface area (Å²) in [5.74, 6) is 0. The van der Waals surface area contributed by atoms with Crippen LogP contribution in [0.1, 0.15) is 31.2 Å². The van der Waals surface area contributed by atoms with Crippen LogP contribution in [0.4, 0.5) is 0 Å². The van der Waals surface area contributed by atoms with Crippen molar-refractivity contribution in [1.29, 1.82) is 10.5 Å². The van der Waals surface area contributed by atoms with E-state index in [4.69, 9.17) is 31.6 Å². The summed E-state index contributed by atoms with van der Waals surface area (Å²) in [5, 5.41) is 21.2. The Morgan fingerprint density at radius 1 is 0.917 bits per heavy atom. The topological polar surface area (TPSA) is 78.1 Å². The van der Waals surface area contributed by atoms with Gasteiger partial charge in [-0.1, -0.05) is 23.7 Å². The summed E-state index contributed by atoms with van der Waals surface area (Å²) in [6.07, 6.45) is 2.53. The van der Waals surface area contributed by atoms with Gasteiger partial charge in [-0.15, -0.1) is 0 Å². The van der Waals surface area contributed by atoms with Crippen LogP contribution < -0.4 is 5.32 Å². The van der Waals surface area contributed by atoms with Crippen LogP contribution in [-0.4, -0.2) is 32.5 Å². The summed E-state index contributed by atoms with van der Waals surface area (Å²) in [5.41, 5.74) is 1.17. The minimum absolute atomic E-state index is 0.254. The highest BCUT2D eigenvalue weighted by Crippen LogP contribution is 2.10. The maximum atomic E-state index is 8.50. The number of nitrogens with zero attached hydrogens (tertiary/aromatic N) is 2. The first kappa shape index (κ1) is 20.4. The van der Waals surface area contributed by atoms with Crippen LogP contribution in [-0.2, 0) is 16.0 Å². The van der Waals surface area contributed by atoms with E-state index in [1.165, 1.54) is 5.56 Å². The van der Waals surface area contributed by atoms with Crippen molar-refractivity contribution < 1.29 is 9.47 Å². The van der Waals surface area contributed by atoms with Crippen LogP contribution in [0.5, 0.6) is 0 Å². The first-order valence-corrected chi connectivity index (χ1v) is 8.51. The predicted octanol–water partition coefficient (Wildman–Crippen LogP) is 3.44. The van der Waals surface area contributed by atoms with Gasteiger partial charge >= 0.3 is 0 Å². The molecule has 0 unspecified atom stereocenters. The van der Waals surface area contributed by atoms with Gasteiger partial charge in [0.1, 0.15) is 0 Å². The molecule has 0 aliphatic heterocycles. The fourth-order valence-electron chi connectivity index (χ4n) is 2.10. The molecule has 1 aromatic rings. The Morgan fingerprint density at radius 3 is 1.96 bits per heavy atom. The number of nitrogens with one attached hydrogen (secondary N) is 1. The molecular weight excluding hydrogens is 326 g/mol. The second-order valence-corrected chi connectivity index (χ2v) is 5.76. The zero-order chi connectivity index (χ0) is 17.5. The summed E-state index contributed by atoms with van der Waals surface area (Å²) < 4.78 is 10.9. The van der Waals surface area contributed by atoms with Crippen LogP contribution in [0.3, 0.4) is 0 Å². The zero-order valence-electron chi connectivity index (χ0n) is 13.8. The van der Waals surface area contributed by atoms with Crippen LogP contribution in [0.15, 0.2) is 24.3 Å². The van der Waals surface area contributed by atoms with Gasteiger partial charge < -0.3 is 14.8 Å². The van der Waals surface area contributed by atoms with Gasteiger partial charge in [0, 0.05) is 30.8 Å². The molecule has 0 fully saturated rings. The Morgan fingerprint density at radius 2 is 1.46 bits per heavy atom.